The molecule has 3 N–H and O–H groups in total. The average Bonchev–Trinajstić information content (AvgIpc) is 3.03. The predicted molar refractivity (Wildman–Crippen MR) is 101 cm³/mol. The Morgan fingerprint density at radius 3 is 2.31 bits per heavy atom. The number of aromatic nitrogens is 2. The molecule has 0 aliphatic rings. The third kappa shape index (κ3) is 3.19. The number of hydrogen-bond acceptors (Lipinski definition) is 2. The zero-order chi connectivity index (χ0) is 20.9. The number of nitrogen functional groups attached to an aromatic ring is 1. The van der Waals surface area contributed by atoms with Gasteiger partial charge in [0.15, 0.2) is 17.5 Å². The standard InChI is InChI=1S/C20H11ClF5N3/c21-16-11(9-4-2-1-3-5-9)8-12-18(28-29-19(12)27)15(16)10-6-13(20(24,25)26)17(23)14(22)7-10/h1-8H,(H3,27,28,29). The molecule has 9 heteroatoms. The van der Waals surface area contributed by atoms with E-state index in [2.05, 4.69) is 10.2 Å². The highest BCUT2D eigenvalue weighted by molar-refractivity contribution is 6.38. The molecule has 1 heterocycles. The molecule has 3 nitrogen and oxygen atoms in total. The summed E-state index contributed by atoms with van der Waals surface area (Å²) in [6, 6.07) is 11.6. The average molecular weight is 424 g/mol. The number of halogens is 6. The Kier molecular flexibility index (Phi) is 4.46. The molecule has 29 heavy (non-hydrogen) atoms. The van der Waals surface area contributed by atoms with E-state index in [1.807, 2.05) is 0 Å². The quantitative estimate of drug-likeness (QED) is 0.365. The highest BCUT2D eigenvalue weighted by Gasteiger charge is 2.36. The van der Waals surface area contributed by atoms with Gasteiger partial charge in [-0.15, -0.1) is 0 Å². The van der Waals surface area contributed by atoms with Crippen LogP contribution in [0.2, 0.25) is 5.02 Å². The Morgan fingerprint density at radius 1 is 0.966 bits per heavy atom. The molecule has 0 spiro atoms. The van der Waals surface area contributed by atoms with E-state index >= 15 is 0 Å². The van der Waals surface area contributed by atoms with Crippen LogP contribution in [0.3, 0.4) is 0 Å². The number of nitrogens with two attached hydrogens (primary N) is 1. The van der Waals surface area contributed by atoms with Crippen molar-refractivity contribution in [3.05, 3.63) is 70.8 Å². The van der Waals surface area contributed by atoms with Crippen molar-refractivity contribution in [3.63, 3.8) is 0 Å². The van der Waals surface area contributed by atoms with E-state index in [1.54, 1.807) is 36.4 Å². The second-order valence-electron chi connectivity index (χ2n) is 6.33. The van der Waals surface area contributed by atoms with E-state index < -0.39 is 23.4 Å². The molecule has 0 saturated carbocycles. The number of fused-ring (bicyclic) bond motifs is 1. The smallest absolute Gasteiger partial charge is 0.382 e. The fourth-order valence-electron chi connectivity index (χ4n) is 3.19. The number of H-pyrrole nitrogens is 1. The summed E-state index contributed by atoms with van der Waals surface area (Å²) in [6.07, 6.45) is -5.09. The van der Waals surface area contributed by atoms with Gasteiger partial charge in [0.25, 0.3) is 0 Å². The fraction of sp³-hybridized carbons (Fsp3) is 0.0500. The molecule has 0 aliphatic heterocycles. The number of benzene rings is 3. The highest BCUT2D eigenvalue weighted by atomic mass is 35.5. The van der Waals surface area contributed by atoms with Crippen LogP contribution in [0.1, 0.15) is 5.56 Å². The lowest BCUT2D eigenvalue weighted by molar-refractivity contribution is -0.140. The summed E-state index contributed by atoms with van der Waals surface area (Å²) in [6.45, 7) is 0. The molecule has 3 aromatic carbocycles. The molecule has 0 saturated heterocycles. The second kappa shape index (κ2) is 6.73. The van der Waals surface area contributed by atoms with Gasteiger partial charge < -0.3 is 5.73 Å². The van der Waals surface area contributed by atoms with Gasteiger partial charge in [0.05, 0.1) is 16.1 Å². The van der Waals surface area contributed by atoms with Crippen LogP contribution < -0.4 is 5.73 Å². The Bertz CT molecular complexity index is 1230. The molecule has 0 amide bonds. The lowest BCUT2D eigenvalue weighted by Gasteiger charge is -2.15. The normalized spacial score (nSPS) is 11.9. The molecule has 4 aromatic rings. The lowest BCUT2D eigenvalue weighted by atomic mass is 9.94. The van der Waals surface area contributed by atoms with E-state index in [4.69, 9.17) is 17.3 Å². The summed E-state index contributed by atoms with van der Waals surface area (Å²) in [7, 11) is 0. The Hall–Kier alpha value is -3.13. The van der Waals surface area contributed by atoms with Gasteiger partial charge in [0.1, 0.15) is 0 Å². The highest BCUT2D eigenvalue weighted by Crippen LogP contribution is 2.44. The minimum Gasteiger partial charge on any atom is -0.382 e. The first-order valence-corrected chi connectivity index (χ1v) is 8.64. The molecule has 148 valence electrons. The predicted octanol–water partition coefficient (Wildman–Crippen LogP) is 6.43. The molecule has 0 radical (unpaired) electrons. The number of hydrogen-bond donors (Lipinski definition) is 2. The first kappa shape index (κ1) is 19.2. The monoisotopic (exact) mass is 423 g/mol. The van der Waals surface area contributed by atoms with Crippen LogP contribution in [0.4, 0.5) is 27.8 Å². The number of nitrogens with one attached hydrogen (secondary N) is 1. The van der Waals surface area contributed by atoms with Crippen molar-refractivity contribution in [2.75, 3.05) is 5.73 Å². The van der Waals surface area contributed by atoms with Gasteiger partial charge in [-0.25, -0.2) is 8.78 Å². The number of anilines is 1. The van der Waals surface area contributed by atoms with Crippen molar-refractivity contribution in [2.24, 2.45) is 0 Å². The van der Waals surface area contributed by atoms with Gasteiger partial charge in [-0.2, -0.15) is 18.3 Å². The summed E-state index contributed by atoms with van der Waals surface area (Å²) >= 11 is 6.54. The maximum absolute atomic E-state index is 14.0. The third-order valence-electron chi connectivity index (χ3n) is 4.54. The van der Waals surface area contributed by atoms with Crippen LogP contribution in [0.25, 0.3) is 33.2 Å². The summed E-state index contributed by atoms with van der Waals surface area (Å²) in [5.41, 5.74) is 5.27. The fourth-order valence-corrected chi connectivity index (χ4v) is 3.56. The number of aromatic amines is 1. The third-order valence-corrected chi connectivity index (χ3v) is 4.93. The van der Waals surface area contributed by atoms with Gasteiger partial charge in [0.2, 0.25) is 0 Å². The van der Waals surface area contributed by atoms with E-state index in [1.165, 1.54) is 0 Å². The molecule has 0 atom stereocenters. The van der Waals surface area contributed by atoms with Crippen LogP contribution in [0.15, 0.2) is 48.5 Å². The van der Waals surface area contributed by atoms with Gasteiger partial charge >= 0.3 is 6.18 Å². The van der Waals surface area contributed by atoms with Crippen molar-refractivity contribution in [2.45, 2.75) is 6.18 Å². The Balaban J connectivity index is 2.10. The molecular weight excluding hydrogens is 413 g/mol. The van der Waals surface area contributed by atoms with Crippen molar-refractivity contribution in [3.8, 4) is 22.3 Å². The van der Waals surface area contributed by atoms with E-state index in [9.17, 15) is 22.0 Å². The largest absolute Gasteiger partial charge is 0.419 e. The van der Waals surface area contributed by atoms with Crippen LogP contribution >= 0.6 is 11.6 Å². The lowest BCUT2D eigenvalue weighted by Crippen LogP contribution is -2.10. The number of nitrogens with zero attached hydrogens (tertiary/aromatic N) is 1. The van der Waals surface area contributed by atoms with Crippen LogP contribution in [-0.4, -0.2) is 10.2 Å². The zero-order valence-corrected chi connectivity index (χ0v) is 15.2. The minimum atomic E-state index is -5.09. The van der Waals surface area contributed by atoms with Gasteiger partial charge in [0, 0.05) is 16.5 Å². The summed E-state index contributed by atoms with van der Waals surface area (Å²) in [5.74, 6) is -3.53. The molecular formula is C20H11ClF5N3. The van der Waals surface area contributed by atoms with Crippen molar-refractivity contribution in [1.29, 1.82) is 0 Å². The maximum atomic E-state index is 14.0. The first-order valence-electron chi connectivity index (χ1n) is 8.26. The van der Waals surface area contributed by atoms with Crippen LogP contribution in [-0.2, 0) is 6.18 Å². The molecule has 0 bridgehead atoms. The molecule has 4 rings (SSSR count). The Labute approximate surface area is 165 Å². The molecule has 0 aliphatic carbocycles. The van der Waals surface area contributed by atoms with Crippen molar-refractivity contribution < 1.29 is 22.0 Å². The van der Waals surface area contributed by atoms with Gasteiger partial charge in [-0.05, 0) is 29.3 Å². The van der Waals surface area contributed by atoms with E-state index in [0.29, 0.717) is 28.6 Å². The first-order chi connectivity index (χ1) is 13.7. The number of alkyl halides is 3. The summed E-state index contributed by atoms with van der Waals surface area (Å²) < 4.78 is 67.5. The van der Waals surface area contributed by atoms with E-state index in [0.717, 1.165) is 0 Å². The minimum absolute atomic E-state index is 0.0385. The van der Waals surface area contributed by atoms with Gasteiger partial charge in [-0.3, -0.25) is 5.10 Å². The summed E-state index contributed by atoms with van der Waals surface area (Å²) in [5, 5.41) is 6.92. The van der Waals surface area contributed by atoms with Crippen LogP contribution in [0, 0.1) is 11.6 Å². The zero-order valence-electron chi connectivity index (χ0n) is 14.4. The van der Waals surface area contributed by atoms with Crippen molar-refractivity contribution in [1.82, 2.24) is 10.2 Å². The second-order valence-corrected chi connectivity index (χ2v) is 6.71. The summed E-state index contributed by atoms with van der Waals surface area (Å²) in [4.78, 5) is 0. The maximum Gasteiger partial charge on any atom is 0.419 e. The SMILES string of the molecule is Nc1n[nH]c2c(-c3cc(F)c(F)c(C(F)(F)F)c3)c(Cl)c(-c3ccccc3)cc12. The number of rotatable bonds is 2. The topological polar surface area (TPSA) is 54.7 Å². The molecule has 0 unspecified atom stereocenters. The van der Waals surface area contributed by atoms with Crippen molar-refractivity contribution >= 4 is 28.3 Å². The molecule has 1 aromatic heterocycles. The van der Waals surface area contributed by atoms with Crippen LogP contribution in [0.5, 0.6) is 0 Å². The van der Waals surface area contributed by atoms with E-state index in [-0.39, 0.29) is 27.5 Å². The van der Waals surface area contributed by atoms with Gasteiger partial charge in [-0.1, -0.05) is 41.9 Å². The Morgan fingerprint density at radius 2 is 1.66 bits per heavy atom. The molecule has 0 fully saturated rings.